The summed E-state index contributed by atoms with van der Waals surface area (Å²) in [4.78, 5) is 19.5. The zero-order valence-electron chi connectivity index (χ0n) is 11.3. The molecule has 0 radical (unpaired) electrons. The summed E-state index contributed by atoms with van der Waals surface area (Å²) in [5.74, 6) is 0.840. The number of aryl methyl sites for hydroxylation is 1. The summed E-state index contributed by atoms with van der Waals surface area (Å²) in [6.45, 7) is 5.82. The van der Waals surface area contributed by atoms with Crippen molar-refractivity contribution in [3.8, 4) is 0 Å². The quantitative estimate of drug-likeness (QED) is 0.908. The Morgan fingerprint density at radius 1 is 1.67 bits per heavy atom. The second-order valence-electron chi connectivity index (χ2n) is 5.18. The smallest absolute Gasteiger partial charge is 0.239 e. The molecule has 0 aromatic carbocycles. The maximum Gasteiger partial charge on any atom is 0.239 e. The minimum atomic E-state index is -0.00670. The van der Waals surface area contributed by atoms with Gasteiger partial charge in [-0.25, -0.2) is 4.98 Å². The van der Waals surface area contributed by atoms with Gasteiger partial charge in [0.2, 0.25) is 5.91 Å². The fourth-order valence-corrected chi connectivity index (χ4v) is 3.20. The number of likely N-dealkylation sites (N-methyl/N-ethyl adjacent to an activating group) is 1. The van der Waals surface area contributed by atoms with Gasteiger partial charge in [-0.2, -0.15) is 0 Å². The molecule has 5 heteroatoms. The highest BCUT2D eigenvalue weighted by Gasteiger charge is 2.26. The van der Waals surface area contributed by atoms with Crippen LogP contribution in [0.3, 0.4) is 0 Å². The molecule has 2 atom stereocenters. The molecule has 1 saturated heterocycles. The molecular weight excluding hydrogens is 246 g/mol. The highest BCUT2D eigenvalue weighted by molar-refractivity contribution is 7.11. The molecule has 100 valence electrons. The Morgan fingerprint density at radius 3 is 3.06 bits per heavy atom. The minimum Gasteiger partial charge on any atom is -0.339 e. The number of hydrogen-bond acceptors (Lipinski definition) is 4. The van der Waals surface area contributed by atoms with Crippen LogP contribution < -0.4 is 5.32 Å². The number of nitrogens with zero attached hydrogens (tertiary/aromatic N) is 2. The lowest BCUT2D eigenvalue weighted by atomic mass is 9.93. The molecule has 1 N–H and O–H groups in total. The largest absolute Gasteiger partial charge is 0.339 e. The van der Waals surface area contributed by atoms with Crippen LogP contribution in [0.25, 0.3) is 0 Å². The summed E-state index contributed by atoms with van der Waals surface area (Å²) in [7, 11) is 1.87. The van der Waals surface area contributed by atoms with Crippen molar-refractivity contribution in [2.24, 2.45) is 5.92 Å². The number of thiazole rings is 1. The van der Waals surface area contributed by atoms with Gasteiger partial charge < -0.3 is 10.2 Å². The van der Waals surface area contributed by atoms with Crippen molar-refractivity contribution in [3.05, 3.63) is 16.1 Å². The highest BCUT2D eigenvalue weighted by Crippen LogP contribution is 2.18. The number of rotatable bonds is 3. The molecule has 0 aliphatic carbocycles. The van der Waals surface area contributed by atoms with Crippen molar-refractivity contribution in [2.75, 3.05) is 13.6 Å². The van der Waals surface area contributed by atoms with Gasteiger partial charge in [0.25, 0.3) is 0 Å². The number of nitrogens with one attached hydrogen (secondary N) is 1. The van der Waals surface area contributed by atoms with Crippen molar-refractivity contribution >= 4 is 17.2 Å². The van der Waals surface area contributed by atoms with E-state index in [4.69, 9.17) is 0 Å². The first-order chi connectivity index (χ1) is 8.56. The summed E-state index contributed by atoms with van der Waals surface area (Å²) < 4.78 is 0. The van der Waals surface area contributed by atoms with E-state index in [1.807, 2.05) is 25.1 Å². The predicted octanol–water partition coefficient (Wildman–Crippen LogP) is 1.80. The molecule has 2 unspecified atom stereocenters. The van der Waals surface area contributed by atoms with Gasteiger partial charge in [-0.15, -0.1) is 11.3 Å². The molecular formula is C13H21N3OS. The summed E-state index contributed by atoms with van der Waals surface area (Å²) in [5.41, 5.74) is 0. The summed E-state index contributed by atoms with van der Waals surface area (Å²) in [5, 5.41) is 4.37. The van der Waals surface area contributed by atoms with Crippen molar-refractivity contribution in [2.45, 2.75) is 39.3 Å². The topological polar surface area (TPSA) is 45.2 Å². The Kier molecular flexibility index (Phi) is 4.35. The van der Waals surface area contributed by atoms with E-state index in [1.165, 1.54) is 6.42 Å². The lowest BCUT2D eigenvalue weighted by Crippen LogP contribution is -2.48. The molecule has 2 heterocycles. The van der Waals surface area contributed by atoms with Crippen LogP contribution >= 0.6 is 11.3 Å². The third-order valence-electron chi connectivity index (χ3n) is 3.40. The van der Waals surface area contributed by atoms with Crippen LogP contribution in [0.2, 0.25) is 0 Å². The van der Waals surface area contributed by atoms with Gasteiger partial charge in [-0.05, 0) is 32.2 Å². The lowest BCUT2D eigenvalue weighted by Gasteiger charge is -2.30. The fraction of sp³-hybridized carbons (Fsp3) is 0.692. The van der Waals surface area contributed by atoms with Crippen LogP contribution in [0.5, 0.6) is 0 Å². The van der Waals surface area contributed by atoms with Crippen LogP contribution in [-0.4, -0.2) is 35.4 Å². The van der Waals surface area contributed by atoms with Crippen molar-refractivity contribution < 1.29 is 4.79 Å². The molecule has 1 fully saturated rings. The van der Waals surface area contributed by atoms with E-state index in [0.29, 0.717) is 12.5 Å². The van der Waals surface area contributed by atoms with Gasteiger partial charge in [0.1, 0.15) is 0 Å². The van der Waals surface area contributed by atoms with Gasteiger partial charge >= 0.3 is 0 Å². The third kappa shape index (κ3) is 3.29. The lowest BCUT2D eigenvalue weighted by molar-refractivity contribution is -0.133. The number of piperidine rings is 1. The SMILES string of the molecule is Cc1ncc(CN(C)C(=O)C2CC(C)CCN2)s1. The third-order valence-corrected chi connectivity index (χ3v) is 4.30. The zero-order valence-corrected chi connectivity index (χ0v) is 12.1. The molecule has 4 nitrogen and oxygen atoms in total. The van der Waals surface area contributed by atoms with E-state index in [0.717, 1.165) is 22.9 Å². The number of hydrogen-bond donors (Lipinski definition) is 1. The van der Waals surface area contributed by atoms with E-state index < -0.39 is 0 Å². The summed E-state index contributed by atoms with van der Waals surface area (Å²) in [6.07, 6.45) is 3.98. The zero-order chi connectivity index (χ0) is 13.1. The molecule has 0 bridgehead atoms. The maximum absolute atomic E-state index is 12.3. The van der Waals surface area contributed by atoms with Crippen LogP contribution in [0, 0.1) is 12.8 Å². The number of carbonyl (C=O) groups is 1. The van der Waals surface area contributed by atoms with E-state index in [9.17, 15) is 4.79 Å². The average Bonchev–Trinajstić information content (AvgIpc) is 2.73. The molecule has 18 heavy (non-hydrogen) atoms. The monoisotopic (exact) mass is 267 g/mol. The van der Waals surface area contributed by atoms with Crippen molar-refractivity contribution in [1.29, 1.82) is 0 Å². The van der Waals surface area contributed by atoms with Gasteiger partial charge in [0.15, 0.2) is 0 Å². The predicted molar refractivity (Wildman–Crippen MR) is 73.5 cm³/mol. The van der Waals surface area contributed by atoms with Crippen LogP contribution in [0.15, 0.2) is 6.20 Å². The molecule has 0 saturated carbocycles. The standard InChI is InChI=1S/C13H21N3OS/c1-9-4-5-14-12(6-9)13(17)16(3)8-11-7-15-10(2)18-11/h7,9,12,14H,4-6,8H2,1-3H3. The first kappa shape index (κ1) is 13.5. The molecule has 1 aromatic heterocycles. The van der Waals surface area contributed by atoms with E-state index in [-0.39, 0.29) is 11.9 Å². The molecule has 2 rings (SSSR count). The number of aromatic nitrogens is 1. The first-order valence-corrected chi connectivity index (χ1v) is 7.27. The minimum absolute atomic E-state index is 0.00670. The fourth-order valence-electron chi connectivity index (χ4n) is 2.35. The van der Waals surface area contributed by atoms with Gasteiger partial charge in [-0.1, -0.05) is 6.92 Å². The van der Waals surface area contributed by atoms with E-state index in [1.54, 1.807) is 11.3 Å². The Hall–Kier alpha value is -0.940. The molecule has 1 aromatic rings. The highest BCUT2D eigenvalue weighted by atomic mass is 32.1. The van der Waals surface area contributed by atoms with Crippen LogP contribution in [0.1, 0.15) is 29.7 Å². The average molecular weight is 267 g/mol. The second-order valence-corrected chi connectivity index (χ2v) is 6.50. The Bertz CT molecular complexity index is 418. The first-order valence-electron chi connectivity index (χ1n) is 6.46. The maximum atomic E-state index is 12.3. The number of amides is 1. The van der Waals surface area contributed by atoms with E-state index in [2.05, 4.69) is 17.2 Å². The Labute approximate surface area is 112 Å². The van der Waals surface area contributed by atoms with Gasteiger partial charge in [0, 0.05) is 18.1 Å². The second kappa shape index (κ2) is 5.80. The molecule has 1 aliphatic rings. The molecule has 0 spiro atoms. The van der Waals surface area contributed by atoms with Crippen molar-refractivity contribution in [1.82, 2.24) is 15.2 Å². The molecule has 1 amide bonds. The molecule has 1 aliphatic heterocycles. The summed E-state index contributed by atoms with van der Waals surface area (Å²) in [6, 6.07) is -0.00670. The normalized spacial score (nSPS) is 23.9. The van der Waals surface area contributed by atoms with E-state index >= 15 is 0 Å². The summed E-state index contributed by atoms with van der Waals surface area (Å²) >= 11 is 1.66. The Morgan fingerprint density at radius 2 is 2.44 bits per heavy atom. The van der Waals surface area contributed by atoms with Crippen LogP contribution in [-0.2, 0) is 11.3 Å². The van der Waals surface area contributed by atoms with Gasteiger partial charge in [0.05, 0.1) is 17.6 Å². The van der Waals surface area contributed by atoms with Crippen LogP contribution in [0.4, 0.5) is 0 Å². The number of carbonyl (C=O) groups excluding carboxylic acids is 1. The Balaban J connectivity index is 1.91. The van der Waals surface area contributed by atoms with Crippen molar-refractivity contribution in [3.63, 3.8) is 0 Å². The van der Waals surface area contributed by atoms with Gasteiger partial charge in [-0.3, -0.25) is 4.79 Å².